The fourth-order valence-corrected chi connectivity index (χ4v) is 4.32. The molecule has 0 bridgehead atoms. The molecule has 2 aromatic rings. The van der Waals surface area contributed by atoms with Gasteiger partial charge in [-0.1, -0.05) is 43.5 Å². The van der Waals surface area contributed by atoms with Gasteiger partial charge in [-0.2, -0.15) is 0 Å². The summed E-state index contributed by atoms with van der Waals surface area (Å²) in [5, 5.41) is 2.92. The van der Waals surface area contributed by atoms with Gasteiger partial charge in [0.15, 0.2) is 0 Å². The summed E-state index contributed by atoms with van der Waals surface area (Å²) in [5.41, 5.74) is 8.00. The van der Waals surface area contributed by atoms with E-state index in [0.29, 0.717) is 17.9 Å². The number of rotatable bonds is 4. The third-order valence-corrected chi connectivity index (χ3v) is 5.84. The quantitative estimate of drug-likeness (QED) is 0.856. The minimum atomic E-state index is -0.632. The molecule has 2 heterocycles. The van der Waals surface area contributed by atoms with Crippen LogP contribution in [0.4, 0.5) is 11.5 Å². The molecule has 1 aliphatic heterocycles. The lowest BCUT2D eigenvalue weighted by molar-refractivity contribution is -0.125. The largest absolute Gasteiger partial charge is 0.324 e. The molecule has 0 radical (unpaired) electrons. The van der Waals surface area contributed by atoms with Gasteiger partial charge in [-0.3, -0.25) is 14.5 Å². The van der Waals surface area contributed by atoms with Crippen LogP contribution in [0, 0.1) is 5.92 Å². The molecule has 1 aromatic heterocycles. The molecule has 2 aliphatic rings. The number of pyridine rings is 1. The molecule has 1 aliphatic carbocycles. The average molecular weight is 378 g/mol. The van der Waals surface area contributed by atoms with Gasteiger partial charge in [0.25, 0.3) is 0 Å². The van der Waals surface area contributed by atoms with Gasteiger partial charge in [0.2, 0.25) is 11.8 Å². The van der Waals surface area contributed by atoms with Crippen molar-refractivity contribution in [3.63, 3.8) is 0 Å². The molecule has 1 saturated carbocycles. The summed E-state index contributed by atoms with van der Waals surface area (Å²) >= 11 is 0. The summed E-state index contributed by atoms with van der Waals surface area (Å²) in [7, 11) is 0. The van der Waals surface area contributed by atoms with Crippen LogP contribution in [-0.4, -0.2) is 28.9 Å². The lowest BCUT2D eigenvalue weighted by atomic mass is 9.83. The Kier molecular flexibility index (Phi) is 5.39. The minimum absolute atomic E-state index is 0.173. The Bertz CT molecular complexity index is 849. The van der Waals surface area contributed by atoms with Crippen LogP contribution in [0.15, 0.2) is 48.7 Å². The summed E-state index contributed by atoms with van der Waals surface area (Å²) < 4.78 is 0. The van der Waals surface area contributed by atoms with Crippen LogP contribution in [0.25, 0.3) is 0 Å². The predicted octanol–water partition coefficient (Wildman–Crippen LogP) is 2.89. The standard InChI is InChI=1S/C22H26N4O2/c23-19(15-8-3-1-4-9-15)22(28)26-18(14-16-10-7-13-24-20(16)26)21(27)25-17-11-5-2-6-12-17/h2,5-7,10-13,15,18-19H,1,3-4,8-9,14,23H2,(H,25,27)/t18?,19-/m0/s1. The van der Waals surface area contributed by atoms with Gasteiger partial charge in [0.05, 0.1) is 6.04 Å². The van der Waals surface area contributed by atoms with Gasteiger partial charge < -0.3 is 11.1 Å². The molecule has 2 atom stereocenters. The first-order valence-electron chi connectivity index (χ1n) is 10.0. The van der Waals surface area contributed by atoms with Crippen LogP contribution in [0.3, 0.4) is 0 Å². The van der Waals surface area contributed by atoms with E-state index in [9.17, 15) is 9.59 Å². The molecule has 1 fully saturated rings. The van der Waals surface area contributed by atoms with Crippen molar-refractivity contribution in [2.24, 2.45) is 11.7 Å². The number of fused-ring (bicyclic) bond motifs is 1. The number of hydrogen-bond acceptors (Lipinski definition) is 4. The number of nitrogens with two attached hydrogens (primary N) is 1. The summed E-state index contributed by atoms with van der Waals surface area (Å²) in [6.45, 7) is 0. The van der Waals surface area contributed by atoms with Gasteiger partial charge in [-0.25, -0.2) is 4.98 Å². The molecule has 6 nitrogen and oxygen atoms in total. The minimum Gasteiger partial charge on any atom is -0.324 e. The summed E-state index contributed by atoms with van der Waals surface area (Å²) in [6, 6.07) is 11.8. The molecule has 6 heteroatoms. The van der Waals surface area contributed by atoms with Gasteiger partial charge in [0, 0.05) is 18.3 Å². The van der Waals surface area contributed by atoms with Crippen LogP contribution >= 0.6 is 0 Å². The number of carbonyl (C=O) groups excluding carboxylic acids is 2. The van der Waals surface area contributed by atoms with E-state index < -0.39 is 12.1 Å². The van der Waals surface area contributed by atoms with E-state index in [-0.39, 0.29) is 17.7 Å². The molecule has 28 heavy (non-hydrogen) atoms. The van der Waals surface area contributed by atoms with Gasteiger partial charge in [0.1, 0.15) is 11.9 Å². The second-order valence-electron chi connectivity index (χ2n) is 7.69. The number of amides is 2. The number of anilines is 2. The first kappa shape index (κ1) is 18.6. The summed E-state index contributed by atoms with van der Waals surface area (Å²) in [5.74, 6) is 0.324. The van der Waals surface area contributed by atoms with Crippen molar-refractivity contribution >= 4 is 23.3 Å². The maximum Gasteiger partial charge on any atom is 0.247 e. The van der Waals surface area contributed by atoms with E-state index in [0.717, 1.165) is 31.2 Å². The topological polar surface area (TPSA) is 88.3 Å². The molecule has 146 valence electrons. The Balaban J connectivity index is 1.58. The number of nitrogens with zero attached hydrogens (tertiary/aromatic N) is 2. The zero-order valence-corrected chi connectivity index (χ0v) is 15.9. The smallest absolute Gasteiger partial charge is 0.247 e. The van der Waals surface area contributed by atoms with Crippen molar-refractivity contribution in [2.75, 3.05) is 10.2 Å². The van der Waals surface area contributed by atoms with E-state index >= 15 is 0 Å². The molecule has 1 aromatic carbocycles. The van der Waals surface area contributed by atoms with Crippen LogP contribution in [0.2, 0.25) is 0 Å². The van der Waals surface area contributed by atoms with Crippen LogP contribution in [0.1, 0.15) is 37.7 Å². The van der Waals surface area contributed by atoms with E-state index in [1.807, 2.05) is 42.5 Å². The maximum absolute atomic E-state index is 13.4. The van der Waals surface area contributed by atoms with Gasteiger partial charge in [-0.15, -0.1) is 0 Å². The van der Waals surface area contributed by atoms with Crippen LogP contribution in [0.5, 0.6) is 0 Å². The van der Waals surface area contributed by atoms with Gasteiger partial charge in [-0.05, 0) is 42.5 Å². The van der Waals surface area contributed by atoms with Crippen molar-refractivity contribution in [1.82, 2.24) is 4.98 Å². The number of para-hydroxylation sites is 1. The van der Waals surface area contributed by atoms with E-state index in [4.69, 9.17) is 5.73 Å². The molecule has 1 unspecified atom stereocenters. The lowest BCUT2D eigenvalue weighted by Gasteiger charge is -2.32. The zero-order chi connectivity index (χ0) is 19.5. The second kappa shape index (κ2) is 8.10. The van der Waals surface area contributed by atoms with Crippen molar-refractivity contribution in [3.05, 3.63) is 54.2 Å². The molecule has 3 N–H and O–H groups in total. The lowest BCUT2D eigenvalue weighted by Crippen LogP contribution is -2.54. The molecule has 0 saturated heterocycles. The molecular formula is C22H26N4O2. The Morgan fingerprint density at radius 2 is 1.82 bits per heavy atom. The molecule has 0 spiro atoms. The molecule has 2 amide bonds. The number of hydrogen-bond donors (Lipinski definition) is 2. The number of benzene rings is 1. The Labute approximate surface area is 165 Å². The molecule has 4 rings (SSSR count). The van der Waals surface area contributed by atoms with Crippen molar-refractivity contribution in [2.45, 2.75) is 50.6 Å². The number of aromatic nitrogens is 1. The third-order valence-electron chi connectivity index (χ3n) is 5.84. The SMILES string of the molecule is N[C@H](C(=O)N1c2ncccc2CC1C(=O)Nc1ccccc1)C1CCCCC1. The summed E-state index contributed by atoms with van der Waals surface area (Å²) in [4.78, 5) is 32.3. The van der Waals surface area contributed by atoms with Crippen molar-refractivity contribution < 1.29 is 9.59 Å². The van der Waals surface area contributed by atoms with Gasteiger partial charge >= 0.3 is 0 Å². The average Bonchev–Trinajstić information content (AvgIpc) is 3.14. The molecular weight excluding hydrogens is 352 g/mol. The first-order chi connectivity index (χ1) is 13.6. The third kappa shape index (κ3) is 3.64. The van der Waals surface area contributed by atoms with Crippen molar-refractivity contribution in [1.29, 1.82) is 0 Å². The number of carbonyl (C=O) groups is 2. The first-order valence-corrected chi connectivity index (χ1v) is 10.0. The normalized spacial score (nSPS) is 20.5. The van der Waals surface area contributed by atoms with E-state index in [1.54, 1.807) is 6.20 Å². The van der Waals surface area contributed by atoms with E-state index in [2.05, 4.69) is 10.3 Å². The highest BCUT2D eigenvalue weighted by molar-refractivity contribution is 6.08. The highest BCUT2D eigenvalue weighted by Crippen LogP contribution is 2.33. The maximum atomic E-state index is 13.4. The predicted molar refractivity (Wildman–Crippen MR) is 109 cm³/mol. The highest BCUT2D eigenvalue weighted by Gasteiger charge is 2.42. The fourth-order valence-electron chi connectivity index (χ4n) is 4.32. The Morgan fingerprint density at radius 3 is 2.57 bits per heavy atom. The summed E-state index contributed by atoms with van der Waals surface area (Å²) in [6.07, 6.45) is 7.46. The van der Waals surface area contributed by atoms with Crippen molar-refractivity contribution in [3.8, 4) is 0 Å². The Morgan fingerprint density at radius 1 is 1.07 bits per heavy atom. The van der Waals surface area contributed by atoms with Crippen LogP contribution < -0.4 is 16.0 Å². The van der Waals surface area contributed by atoms with E-state index in [1.165, 1.54) is 11.3 Å². The number of nitrogens with one attached hydrogen (secondary N) is 1. The fraction of sp³-hybridized carbons (Fsp3) is 0.409. The monoisotopic (exact) mass is 378 g/mol. The zero-order valence-electron chi connectivity index (χ0n) is 15.9. The highest BCUT2D eigenvalue weighted by atomic mass is 16.2. The second-order valence-corrected chi connectivity index (χ2v) is 7.69. The van der Waals surface area contributed by atoms with Crippen LogP contribution in [-0.2, 0) is 16.0 Å². The Hall–Kier alpha value is -2.73.